The first-order chi connectivity index (χ1) is 6.11. The fraction of sp³-hybridized carbons (Fsp3) is 0.900. The number of amides is 1. The van der Waals surface area contributed by atoms with Crippen molar-refractivity contribution in [2.24, 2.45) is 11.7 Å². The fourth-order valence-electron chi connectivity index (χ4n) is 2.02. The molecule has 1 atom stereocenters. The monoisotopic (exact) mass is 184 g/mol. The average molecular weight is 184 g/mol. The van der Waals surface area contributed by atoms with Crippen LogP contribution in [0.4, 0.5) is 0 Å². The normalized spacial score (nSPS) is 20.2. The summed E-state index contributed by atoms with van der Waals surface area (Å²) in [7, 11) is 1.85. The lowest BCUT2D eigenvalue weighted by atomic mass is 10.1. The van der Waals surface area contributed by atoms with Gasteiger partial charge in [0.1, 0.15) is 0 Å². The second kappa shape index (κ2) is 4.61. The van der Waals surface area contributed by atoms with E-state index in [0.29, 0.717) is 5.92 Å². The lowest BCUT2D eigenvalue weighted by Gasteiger charge is -2.22. The highest BCUT2D eigenvalue weighted by atomic mass is 16.2. The van der Waals surface area contributed by atoms with Crippen molar-refractivity contribution in [2.45, 2.75) is 38.6 Å². The molecule has 0 aromatic carbocycles. The number of nitrogens with zero attached hydrogens (tertiary/aromatic N) is 1. The van der Waals surface area contributed by atoms with Crippen LogP contribution in [0, 0.1) is 5.92 Å². The molecule has 0 bridgehead atoms. The predicted octanol–water partition coefficient (Wildman–Crippen LogP) is 0.982. The first-order valence-corrected chi connectivity index (χ1v) is 5.12. The molecule has 3 heteroatoms. The highest BCUT2D eigenvalue weighted by Crippen LogP contribution is 2.25. The van der Waals surface area contributed by atoms with Gasteiger partial charge in [-0.25, -0.2) is 0 Å². The Kier molecular flexibility index (Phi) is 3.72. The molecule has 13 heavy (non-hydrogen) atoms. The van der Waals surface area contributed by atoms with Gasteiger partial charge >= 0.3 is 0 Å². The Morgan fingerprint density at radius 2 is 2.08 bits per heavy atom. The molecule has 1 aliphatic rings. The van der Waals surface area contributed by atoms with Crippen LogP contribution in [0.15, 0.2) is 0 Å². The van der Waals surface area contributed by atoms with Gasteiger partial charge in [0.05, 0.1) is 6.04 Å². The van der Waals surface area contributed by atoms with Gasteiger partial charge in [0, 0.05) is 13.6 Å². The SMILES string of the molecule is CC(N)C(=O)N(C)CC1CCCC1. The molecule has 1 rings (SSSR count). The molecule has 0 spiro atoms. The van der Waals surface area contributed by atoms with Crippen LogP contribution in [-0.4, -0.2) is 30.4 Å². The Bertz CT molecular complexity index is 174. The quantitative estimate of drug-likeness (QED) is 0.710. The Morgan fingerprint density at radius 1 is 1.54 bits per heavy atom. The van der Waals surface area contributed by atoms with Crippen LogP contribution in [0.3, 0.4) is 0 Å². The summed E-state index contributed by atoms with van der Waals surface area (Å²) in [5.74, 6) is 0.777. The van der Waals surface area contributed by atoms with E-state index in [1.807, 2.05) is 7.05 Å². The minimum Gasteiger partial charge on any atom is -0.344 e. The Labute approximate surface area is 80.3 Å². The summed E-state index contributed by atoms with van der Waals surface area (Å²) in [4.78, 5) is 13.2. The Balaban J connectivity index is 2.31. The summed E-state index contributed by atoms with van der Waals surface area (Å²) in [6, 6.07) is -0.355. The molecule has 0 heterocycles. The molecule has 0 saturated heterocycles. The van der Waals surface area contributed by atoms with Crippen molar-refractivity contribution >= 4 is 5.91 Å². The van der Waals surface area contributed by atoms with Crippen molar-refractivity contribution in [3.05, 3.63) is 0 Å². The number of nitrogens with two attached hydrogens (primary N) is 1. The lowest BCUT2D eigenvalue weighted by molar-refractivity contribution is -0.131. The molecule has 0 radical (unpaired) electrons. The van der Waals surface area contributed by atoms with E-state index in [4.69, 9.17) is 5.73 Å². The van der Waals surface area contributed by atoms with Crippen molar-refractivity contribution in [3.63, 3.8) is 0 Å². The van der Waals surface area contributed by atoms with Crippen LogP contribution in [-0.2, 0) is 4.79 Å². The van der Waals surface area contributed by atoms with Crippen molar-refractivity contribution in [2.75, 3.05) is 13.6 Å². The van der Waals surface area contributed by atoms with Crippen LogP contribution in [0.1, 0.15) is 32.6 Å². The molecule has 0 aliphatic heterocycles. The molecule has 1 saturated carbocycles. The number of carbonyl (C=O) groups excluding carboxylic acids is 1. The number of hydrogen-bond acceptors (Lipinski definition) is 2. The maximum Gasteiger partial charge on any atom is 0.238 e. The van der Waals surface area contributed by atoms with E-state index < -0.39 is 0 Å². The second-order valence-electron chi connectivity index (χ2n) is 4.16. The van der Waals surface area contributed by atoms with Gasteiger partial charge in [0.2, 0.25) is 5.91 Å². The number of carbonyl (C=O) groups is 1. The van der Waals surface area contributed by atoms with E-state index in [9.17, 15) is 4.79 Å². The van der Waals surface area contributed by atoms with Gasteiger partial charge in [-0.05, 0) is 25.7 Å². The molecule has 0 aromatic rings. The molecule has 76 valence electrons. The molecule has 2 N–H and O–H groups in total. The number of hydrogen-bond donors (Lipinski definition) is 1. The summed E-state index contributed by atoms with van der Waals surface area (Å²) in [5.41, 5.74) is 5.52. The first kappa shape index (κ1) is 10.5. The van der Waals surface area contributed by atoms with Gasteiger partial charge in [0.15, 0.2) is 0 Å². The Hall–Kier alpha value is -0.570. The summed E-state index contributed by atoms with van der Waals surface area (Å²) >= 11 is 0. The minimum absolute atomic E-state index is 0.0619. The number of rotatable bonds is 3. The summed E-state index contributed by atoms with van der Waals surface area (Å²) in [6.45, 7) is 2.63. The van der Waals surface area contributed by atoms with E-state index in [1.165, 1.54) is 25.7 Å². The van der Waals surface area contributed by atoms with Crippen molar-refractivity contribution in [1.29, 1.82) is 0 Å². The summed E-state index contributed by atoms with van der Waals surface area (Å²) in [5, 5.41) is 0. The molecular weight excluding hydrogens is 164 g/mol. The third kappa shape index (κ3) is 2.99. The molecular formula is C10H20N2O. The van der Waals surface area contributed by atoms with Crippen LogP contribution >= 0.6 is 0 Å². The maximum atomic E-state index is 11.4. The summed E-state index contributed by atoms with van der Waals surface area (Å²) in [6.07, 6.45) is 5.20. The third-order valence-electron chi connectivity index (χ3n) is 2.77. The zero-order valence-corrected chi connectivity index (χ0v) is 8.62. The molecule has 1 aliphatic carbocycles. The van der Waals surface area contributed by atoms with E-state index in [2.05, 4.69) is 0 Å². The lowest BCUT2D eigenvalue weighted by Crippen LogP contribution is -2.41. The van der Waals surface area contributed by atoms with Gasteiger partial charge < -0.3 is 10.6 Å². The van der Waals surface area contributed by atoms with Gasteiger partial charge in [-0.15, -0.1) is 0 Å². The maximum absolute atomic E-state index is 11.4. The minimum atomic E-state index is -0.355. The molecule has 1 fully saturated rings. The highest BCUT2D eigenvalue weighted by Gasteiger charge is 2.20. The second-order valence-corrected chi connectivity index (χ2v) is 4.16. The zero-order valence-electron chi connectivity index (χ0n) is 8.62. The molecule has 0 aromatic heterocycles. The predicted molar refractivity (Wildman–Crippen MR) is 53.2 cm³/mol. The van der Waals surface area contributed by atoms with Crippen LogP contribution in [0.2, 0.25) is 0 Å². The van der Waals surface area contributed by atoms with Crippen molar-refractivity contribution < 1.29 is 4.79 Å². The van der Waals surface area contributed by atoms with Crippen molar-refractivity contribution in [1.82, 2.24) is 4.90 Å². The van der Waals surface area contributed by atoms with E-state index in [0.717, 1.165) is 6.54 Å². The van der Waals surface area contributed by atoms with Gasteiger partial charge in [-0.1, -0.05) is 12.8 Å². The van der Waals surface area contributed by atoms with E-state index >= 15 is 0 Å². The average Bonchev–Trinajstić information content (AvgIpc) is 2.55. The third-order valence-corrected chi connectivity index (χ3v) is 2.77. The fourth-order valence-corrected chi connectivity index (χ4v) is 2.02. The molecule has 1 amide bonds. The molecule has 1 unspecified atom stereocenters. The van der Waals surface area contributed by atoms with E-state index in [1.54, 1.807) is 11.8 Å². The van der Waals surface area contributed by atoms with E-state index in [-0.39, 0.29) is 11.9 Å². The standard InChI is InChI=1S/C10H20N2O/c1-8(11)10(13)12(2)7-9-5-3-4-6-9/h8-9H,3-7,11H2,1-2H3. The van der Waals surface area contributed by atoms with Gasteiger partial charge in [0.25, 0.3) is 0 Å². The molecule has 3 nitrogen and oxygen atoms in total. The van der Waals surface area contributed by atoms with Crippen LogP contribution in [0.25, 0.3) is 0 Å². The Morgan fingerprint density at radius 3 is 2.54 bits per heavy atom. The topological polar surface area (TPSA) is 46.3 Å². The van der Waals surface area contributed by atoms with Gasteiger partial charge in [-0.3, -0.25) is 4.79 Å². The van der Waals surface area contributed by atoms with Crippen molar-refractivity contribution in [3.8, 4) is 0 Å². The summed E-state index contributed by atoms with van der Waals surface area (Å²) < 4.78 is 0. The zero-order chi connectivity index (χ0) is 9.84. The van der Waals surface area contributed by atoms with Gasteiger partial charge in [-0.2, -0.15) is 0 Å². The first-order valence-electron chi connectivity index (χ1n) is 5.12. The smallest absolute Gasteiger partial charge is 0.238 e. The number of likely N-dealkylation sites (N-methyl/N-ethyl adjacent to an activating group) is 1. The largest absolute Gasteiger partial charge is 0.344 e. The van der Waals surface area contributed by atoms with Crippen LogP contribution in [0.5, 0.6) is 0 Å². The highest BCUT2D eigenvalue weighted by molar-refractivity contribution is 5.80. The van der Waals surface area contributed by atoms with Crippen LogP contribution < -0.4 is 5.73 Å².